The van der Waals surface area contributed by atoms with Crippen molar-refractivity contribution in [1.82, 2.24) is 4.90 Å². The molecule has 0 unspecified atom stereocenters. The van der Waals surface area contributed by atoms with Gasteiger partial charge in [-0.25, -0.2) is 0 Å². The Balaban J connectivity index is 2.77. The fraction of sp³-hybridized carbons (Fsp3) is 0.400. The van der Waals surface area contributed by atoms with Crippen LogP contribution in [0, 0.1) is 0 Å². The van der Waals surface area contributed by atoms with Crippen molar-refractivity contribution in [1.29, 1.82) is 0 Å². The molecule has 0 bridgehead atoms. The number of anilines is 1. The normalized spacial score (nSPS) is 10.8. The summed E-state index contributed by atoms with van der Waals surface area (Å²) in [6.07, 6.45) is 0. The zero-order valence-corrected chi connectivity index (χ0v) is 9.63. The van der Waals surface area contributed by atoms with Crippen molar-refractivity contribution in [2.45, 2.75) is 13.5 Å². The Hall–Kier alpha value is -0.540. The molecule has 2 N–H and O–H groups in total. The average molecular weight is 243 g/mol. The highest BCUT2D eigenvalue weighted by Gasteiger charge is 2.01. The molecular formula is C10H15BrN2. The summed E-state index contributed by atoms with van der Waals surface area (Å²) in [5.41, 5.74) is 7.91. The van der Waals surface area contributed by atoms with Crippen LogP contribution in [-0.2, 0) is 6.54 Å². The van der Waals surface area contributed by atoms with Crippen LogP contribution >= 0.6 is 15.9 Å². The smallest absolute Gasteiger partial charge is 0.0371 e. The standard InChI is InChI=1S/C10H15BrN2/c1-3-13(2)7-8-4-5-9(11)6-10(8)12/h4-6H,3,7,12H2,1-2H3. The molecule has 0 amide bonds. The molecule has 0 fully saturated rings. The fourth-order valence-corrected chi connectivity index (χ4v) is 1.49. The molecule has 0 aliphatic carbocycles. The van der Waals surface area contributed by atoms with Crippen LogP contribution in [0.3, 0.4) is 0 Å². The van der Waals surface area contributed by atoms with Crippen LogP contribution in [0.15, 0.2) is 22.7 Å². The van der Waals surface area contributed by atoms with Crippen LogP contribution in [0.5, 0.6) is 0 Å². The van der Waals surface area contributed by atoms with E-state index in [1.165, 1.54) is 5.56 Å². The van der Waals surface area contributed by atoms with Crippen molar-refractivity contribution in [3.05, 3.63) is 28.2 Å². The first-order chi connectivity index (χ1) is 6.13. The lowest BCUT2D eigenvalue weighted by molar-refractivity contribution is 0.346. The topological polar surface area (TPSA) is 29.3 Å². The van der Waals surface area contributed by atoms with E-state index in [9.17, 15) is 0 Å². The largest absolute Gasteiger partial charge is 0.398 e. The summed E-state index contributed by atoms with van der Waals surface area (Å²) in [6.45, 7) is 4.08. The molecule has 0 saturated carbocycles. The van der Waals surface area contributed by atoms with Crippen molar-refractivity contribution in [3.63, 3.8) is 0 Å². The van der Waals surface area contributed by atoms with Crippen LogP contribution in [0.4, 0.5) is 5.69 Å². The minimum atomic E-state index is 0.856. The summed E-state index contributed by atoms with van der Waals surface area (Å²) in [4.78, 5) is 2.22. The molecule has 72 valence electrons. The molecule has 0 saturated heterocycles. The van der Waals surface area contributed by atoms with Gasteiger partial charge in [-0.15, -0.1) is 0 Å². The van der Waals surface area contributed by atoms with E-state index in [0.717, 1.165) is 23.2 Å². The summed E-state index contributed by atoms with van der Waals surface area (Å²) >= 11 is 3.39. The first-order valence-corrected chi connectivity index (χ1v) is 5.15. The molecule has 1 aromatic rings. The van der Waals surface area contributed by atoms with Gasteiger partial charge in [0, 0.05) is 16.7 Å². The van der Waals surface area contributed by atoms with E-state index in [1.807, 2.05) is 12.1 Å². The number of hydrogen-bond donors (Lipinski definition) is 1. The number of nitrogen functional groups attached to an aromatic ring is 1. The SMILES string of the molecule is CCN(C)Cc1ccc(Br)cc1N. The maximum Gasteiger partial charge on any atom is 0.0371 e. The van der Waals surface area contributed by atoms with Gasteiger partial charge in [0.1, 0.15) is 0 Å². The molecule has 13 heavy (non-hydrogen) atoms. The molecule has 0 aromatic heterocycles. The van der Waals surface area contributed by atoms with E-state index >= 15 is 0 Å². The molecule has 0 aliphatic rings. The minimum Gasteiger partial charge on any atom is -0.398 e. The molecule has 0 heterocycles. The lowest BCUT2D eigenvalue weighted by Gasteiger charge is -2.15. The molecule has 0 aliphatic heterocycles. The van der Waals surface area contributed by atoms with Crippen LogP contribution in [-0.4, -0.2) is 18.5 Å². The summed E-state index contributed by atoms with van der Waals surface area (Å²) in [6, 6.07) is 6.03. The molecule has 0 radical (unpaired) electrons. The maximum absolute atomic E-state index is 5.87. The van der Waals surface area contributed by atoms with Crippen molar-refractivity contribution >= 4 is 21.6 Å². The second-order valence-corrected chi connectivity index (χ2v) is 4.09. The molecule has 0 atom stereocenters. The average Bonchev–Trinajstić information content (AvgIpc) is 2.09. The highest BCUT2D eigenvalue weighted by Crippen LogP contribution is 2.19. The van der Waals surface area contributed by atoms with E-state index in [1.54, 1.807) is 0 Å². The van der Waals surface area contributed by atoms with Gasteiger partial charge in [0.15, 0.2) is 0 Å². The summed E-state index contributed by atoms with van der Waals surface area (Å²) in [5, 5.41) is 0. The molecule has 2 nitrogen and oxygen atoms in total. The van der Waals surface area contributed by atoms with Gasteiger partial charge in [-0.2, -0.15) is 0 Å². The van der Waals surface area contributed by atoms with E-state index in [0.29, 0.717) is 0 Å². The summed E-state index contributed by atoms with van der Waals surface area (Å²) in [7, 11) is 2.08. The first kappa shape index (κ1) is 10.5. The van der Waals surface area contributed by atoms with Crippen molar-refractivity contribution in [3.8, 4) is 0 Å². The minimum absolute atomic E-state index is 0.856. The Morgan fingerprint density at radius 3 is 2.69 bits per heavy atom. The van der Waals surface area contributed by atoms with Gasteiger partial charge in [-0.3, -0.25) is 0 Å². The van der Waals surface area contributed by atoms with Gasteiger partial charge in [-0.1, -0.05) is 28.9 Å². The Bertz CT molecular complexity index is 286. The third-order valence-electron chi connectivity index (χ3n) is 2.09. The van der Waals surface area contributed by atoms with Crippen LogP contribution in [0.2, 0.25) is 0 Å². The third-order valence-corrected chi connectivity index (χ3v) is 2.58. The van der Waals surface area contributed by atoms with E-state index in [-0.39, 0.29) is 0 Å². The van der Waals surface area contributed by atoms with Gasteiger partial charge in [-0.05, 0) is 31.3 Å². The Morgan fingerprint density at radius 1 is 1.46 bits per heavy atom. The van der Waals surface area contributed by atoms with Gasteiger partial charge in [0.05, 0.1) is 0 Å². The fourth-order valence-electron chi connectivity index (χ4n) is 1.11. The predicted molar refractivity (Wildman–Crippen MR) is 60.6 cm³/mol. The number of rotatable bonds is 3. The predicted octanol–water partition coefficient (Wildman–Crippen LogP) is 2.48. The van der Waals surface area contributed by atoms with Crippen molar-refractivity contribution in [2.75, 3.05) is 19.3 Å². The summed E-state index contributed by atoms with van der Waals surface area (Å²) < 4.78 is 1.04. The number of nitrogens with two attached hydrogens (primary N) is 1. The van der Waals surface area contributed by atoms with Crippen LogP contribution < -0.4 is 5.73 Å². The number of hydrogen-bond acceptors (Lipinski definition) is 2. The number of nitrogens with zero attached hydrogens (tertiary/aromatic N) is 1. The molecule has 1 rings (SSSR count). The van der Waals surface area contributed by atoms with Gasteiger partial charge in [0.25, 0.3) is 0 Å². The van der Waals surface area contributed by atoms with Crippen LogP contribution in [0.1, 0.15) is 12.5 Å². The lowest BCUT2D eigenvalue weighted by Crippen LogP contribution is -2.17. The van der Waals surface area contributed by atoms with Gasteiger partial charge < -0.3 is 10.6 Å². The van der Waals surface area contributed by atoms with Gasteiger partial charge in [0.2, 0.25) is 0 Å². The molecule has 0 spiro atoms. The zero-order chi connectivity index (χ0) is 9.84. The van der Waals surface area contributed by atoms with E-state index in [4.69, 9.17) is 5.73 Å². The van der Waals surface area contributed by atoms with Crippen LogP contribution in [0.25, 0.3) is 0 Å². The molecule has 1 aromatic carbocycles. The Morgan fingerprint density at radius 2 is 2.15 bits per heavy atom. The Kier molecular flexibility index (Phi) is 3.75. The molecular weight excluding hydrogens is 228 g/mol. The second kappa shape index (κ2) is 4.63. The van der Waals surface area contributed by atoms with Gasteiger partial charge >= 0.3 is 0 Å². The lowest BCUT2D eigenvalue weighted by atomic mass is 10.2. The summed E-state index contributed by atoms with van der Waals surface area (Å²) in [5.74, 6) is 0. The Labute approximate surface area is 87.9 Å². The van der Waals surface area contributed by atoms with Crippen molar-refractivity contribution < 1.29 is 0 Å². The third kappa shape index (κ3) is 3.01. The highest BCUT2D eigenvalue weighted by molar-refractivity contribution is 9.10. The number of benzene rings is 1. The number of halogens is 1. The van der Waals surface area contributed by atoms with E-state index in [2.05, 4.69) is 40.9 Å². The maximum atomic E-state index is 5.87. The monoisotopic (exact) mass is 242 g/mol. The first-order valence-electron chi connectivity index (χ1n) is 4.36. The zero-order valence-electron chi connectivity index (χ0n) is 8.05. The second-order valence-electron chi connectivity index (χ2n) is 3.17. The quantitative estimate of drug-likeness (QED) is 0.826. The van der Waals surface area contributed by atoms with E-state index < -0.39 is 0 Å². The molecule has 3 heteroatoms. The highest BCUT2D eigenvalue weighted by atomic mass is 79.9. The van der Waals surface area contributed by atoms with Crippen molar-refractivity contribution in [2.24, 2.45) is 0 Å².